The van der Waals surface area contributed by atoms with Gasteiger partial charge in [-0.2, -0.15) is 9.36 Å². The van der Waals surface area contributed by atoms with E-state index in [1.807, 2.05) is 23.7 Å². The van der Waals surface area contributed by atoms with Gasteiger partial charge in [-0.15, -0.1) is 0 Å². The van der Waals surface area contributed by atoms with Gasteiger partial charge in [-0.25, -0.2) is 0 Å². The summed E-state index contributed by atoms with van der Waals surface area (Å²) in [6.45, 7) is 11.6. The number of anilines is 1. The number of para-hydroxylation sites is 2. The summed E-state index contributed by atoms with van der Waals surface area (Å²) in [5.41, 5.74) is 4.53. The number of aromatic nitrogens is 4. The highest BCUT2D eigenvalue weighted by Gasteiger charge is 2.23. The molecule has 0 unspecified atom stereocenters. The van der Waals surface area contributed by atoms with Crippen LogP contribution >= 0.6 is 12.2 Å². The molecule has 0 amide bonds. The van der Waals surface area contributed by atoms with E-state index in [4.69, 9.17) is 17.0 Å². The summed E-state index contributed by atoms with van der Waals surface area (Å²) in [5.74, 6) is 0.960. The second-order valence-corrected chi connectivity index (χ2v) is 8.18. The fourth-order valence-electron chi connectivity index (χ4n) is 4.04. The van der Waals surface area contributed by atoms with Gasteiger partial charge in [0.05, 0.1) is 44.2 Å². The molecule has 1 aliphatic heterocycles. The Balaban J connectivity index is 1.43. The third-order valence-electron chi connectivity index (χ3n) is 5.44. The summed E-state index contributed by atoms with van der Waals surface area (Å²) in [4.78, 5) is 3.85. The Bertz CT molecular complexity index is 1050. The number of quaternary nitrogens is 1. The summed E-state index contributed by atoms with van der Waals surface area (Å²) in [6.07, 6.45) is 0. The number of hydrogen-bond acceptors (Lipinski definition) is 5. The third-order valence-corrected chi connectivity index (χ3v) is 5.82. The molecule has 4 rings (SSSR count). The van der Waals surface area contributed by atoms with Gasteiger partial charge in [0.25, 0.3) is 0 Å². The van der Waals surface area contributed by atoms with Crippen molar-refractivity contribution in [1.82, 2.24) is 19.8 Å². The number of ether oxygens (including phenoxy) is 1. The molecule has 1 fully saturated rings. The van der Waals surface area contributed by atoms with E-state index in [1.165, 1.54) is 21.7 Å². The Labute approximate surface area is 182 Å². The van der Waals surface area contributed by atoms with E-state index < -0.39 is 0 Å². The molecule has 0 atom stereocenters. The van der Waals surface area contributed by atoms with Gasteiger partial charge in [0.2, 0.25) is 4.77 Å². The van der Waals surface area contributed by atoms with Crippen molar-refractivity contribution in [3.05, 3.63) is 58.4 Å². The van der Waals surface area contributed by atoms with Gasteiger partial charge in [0.1, 0.15) is 5.75 Å². The average Bonchev–Trinajstić information content (AvgIpc) is 3.09. The highest BCUT2D eigenvalue weighted by Crippen LogP contribution is 2.27. The maximum absolute atomic E-state index is 5.80. The quantitative estimate of drug-likeness (QED) is 0.614. The van der Waals surface area contributed by atoms with Crippen molar-refractivity contribution >= 4 is 17.9 Å². The van der Waals surface area contributed by atoms with Gasteiger partial charge in [0, 0.05) is 0 Å². The van der Waals surface area contributed by atoms with Crippen LogP contribution in [-0.2, 0) is 6.67 Å². The summed E-state index contributed by atoms with van der Waals surface area (Å²) in [7, 11) is 0. The van der Waals surface area contributed by atoms with E-state index in [2.05, 4.69) is 59.5 Å². The Morgan fingerprint density at radius 2 is 1.73 bits per heavy atom. The predicted octanol–water partition coefficient (Wildman–Crippen LogP) is 2.18. The number of rotatable bonds is 6. The molecular weight excluding hydrogens is 396 g/mol. The van der Waals surface area contributed by atoms with Crippen LogP contribution in [0, 0.1) is 18.6 Å². The molecule has 0 bridgehead atoms. The third kappa shape index (κ3) is 4.39. The molecule has 1 aliphatic rings. The smallest absolute Gasteiger partial charge is 0.225 e. The molecule has 0 radical (unpaired) electrons. The molecule has 0 saturated carbocycles. The van der Waals surface area contributed by atoms with Crippen LogP contribution in [0.2, 0.25) is 0 Å². The molecule has 1 saturated heterocycles. The molecule has 8 heteroatoms. The first-order valence-corrected chi connectivity index (χ1v) is 10.9. The lowest BCUT2D eigenvalue weighted by atomic mass is 10.1. The van der Waals surface area contributed by atoms with Crippen molar-refractivity contribution < 1.29 is 9.64 Å². The molecule has 1 N–H and O–H groups in total. The van der Waals surface area contributed by atoms with Crippen LogP contribution in [0.1, 0.15) is 18.1 Å². The van der Waals surface area contributed by atoms with Crippen LogP contribution in [0.4, 0.5) is 5.69 Å². The maximum atomic E-state index is 5.80. The van der Waals surface area contributed by atoms with Crippen molar-refractivity contribution in [2.45, 2.75) is 27.4 Å². The van der Waals surface area contributed by atoms with Crippen LogP contribution < -0.4 is 14.5 Å². The average molecular weight is 426 g/mol. The first-order chi connectivity index (χ1) is 14.5. The molecule has 2 heterocycles. The molecule has 0 spiro atoms. The van der Waals surface area contributed by atoms with Crippen LogP contribution in [-0.4, -0.2) is 52.6 Å². The lowest BCUT2D eigenvalue weighted by Crippen LogP contribution is -3.14. The number of benzene rings is 2. The molecule has 0 aliphatic carbocycles. The van der Waals surface area contributed by atoms with E-state index in [1.54, 1.807) is 4.68 Å². The van der Waals surface area contributed by atoms with Crippen LogP contribution in [0.5, 0.6) is 5.75 Å². The van der Waals surface area contributed by atoms with Crippen molar-refractivity contribution in [2.75, 3.05) is 37.7 Å². The van der Waals surface area contributed by atoms with E-state index in [-0.39, 0.29) is 0 Å². The first kappa shape index (κ1) is 20.6. The standard InChI is InChI=1S/C22H28N6OS/c1-4-29-21-8-6-5-7-20(21)26-11-9-25(10-12-26)16-27-22(30)28(24-23-27)19-14-17(2)13-18(3)15-19/h5-8,13-15H,4,9-12,16H2,1-3H3/p+1. The largest absolute Gasteiger partial charge is 0.492 e. The number of nitrogens with zero attached hydrogens (tertiary/aromatic N) is 5. The molecular formula is C22H29N6OS+. The summed E-state index contributed by atoms with van der Waals surface area (Å²) < 4.78 is 10.0. The van der Waals surface area contributed by atoms with Crippen LogP contribution in [0.15, 0.2) is 42.5 Å². The maximum Gasteiger partial charge on any atom is 0.225 e. The second-order valence-electron chi connectivity index (χ2n) is 7.81. The fourth-order valence-corrected chi connectivity index (χ4v) is 4.28. The monoisotopic (exact) mass is 425 g/mol. The number of hydrogen-bond donors (Lipinski definition) is 1. The lowest BCUT2D eigenvalue weighted by molar-refractivity contribution is -0.924. The Morgan fingerprint density at radius 3 is 2.43 bits per heavy atom. The van der Waals surface area contributed by atoms with E-state index in [9.17, 15) is 0 Å². The summed E-state index contributed by atoms with van der Waals surface area (Å²) >= 11 is 5.67. The normalized spacial score (nSPS) is 14.8. The highest BCUT2D eigenvalue weighted by atomic mass is 32.1. The highest BCUT2D eigenvalue weighted by molar-refractivity contribution is 7.71. The summed E-state index contributed by atoms with van der Waals surface area (Å²) in [6, 6.07) is 14.6. The molecule has 2 aromatic carbocycles. The van der Waals surface area contributed by atoms with Gasteiger partial charge >= 0.3 is 0 Å². The van der Waals surface area contributed by atoms with Gasteiger partial charge < -0.3 is 14.5 Å². The van der Waals surface area contributed by atoms with Crippen molar-refractivity contribution in [2.24, 2.45) is 0 Å². The van der Waals surface area contributed by atoms with E-state index in [0.29, 0.717) is 11.4 Å². The van der Waals surface area contributed by atoms with Gasteiger partial charge in [-0.1, -0.05) is 18.2 Å². The van der Waals surface area contributed by atoms with Crippen molar-refractivity contribution in [3.8, 4) is 11.4 Å². The first-order valence-electron chi connectivity index (χ1n) is 10.5. The molecule has 1 aromatic heterocycles. The Morgan fingerprint density at radius 1 is 1.03 bits per heavy atom. The SMILES string of the molecule is CCOc1ccccc1N1CC[NH+](Cn2nnn(-c3cc(C)cc(C)c3)c2=S)CC1. The Kier molecular flexibility index (Phi) is 6.15. The van der Waals surface area contributed by atoms with Gasteiger partial charge in [-0.05, 0) is 78.8 Å². The van der Waals surface area contributed by atoms with Crippen molar-refractivity contribution in [3.63, 3.8) is 0 Å². The van der Waals surface area contributed by atoms with E-state index >= 15 is 0 Å². The minimum absolute atomic E-state index is 0.636. The zero-order chi connectivity index (χ0) is 21.1. The van der Waals surface area contributed by atoms with Gasteiger partial charge in [-0.3, -0.25) is 0 Å². The fraction of sp³-hybridized carbons (Fsp3) is 0.409. The van der Waals surface area contributed by atoms with Crippen LogP contribution in [0.25, 0.3) is 5.69 Å². The Hall–Kier alpha value is -2.71. The lowest BCUT2D eigenvalue weighted by Gasteiger charge is -2.34. The molecule has 30 heavy (non-hydrogen) atoms. The van der Waals surface area contributed by atoms with E-state index in [0.717, 1.165) is 44.3 Å². The zero-order valence-corrected chi connectivity index (χ0v) is 18.7. The van der Waals surface area contributed by atoms with Gasteiger partial charge in [0.15, 0.2) is 6.67 Å². The molecule has 158 valence electrons. The number of aryl methyl sites for hydroxylation is 2. The second kappa shape index (κ2) is 8.97. The summed E-state index contributed by atoms with van der Waals surface area (Å²) in [5, 5.41) is 8.65. The van der Waals surface area contributed by atoms with Crippen molar-refractivity contribution in [1.29, 1.82) is 0 Å². The molecule has 7 nitrogen and oxygen atoms in total. The topological polar surface area (TPSA) is 52.6 Å². The minimum Gasteiger partial charge on any atom is -0.492 e. The molecule has 3 aromatic rings. The number of tetrazole rings is 1. The minimum atomic E-state index is 0.636. The zero-order valence-electron chi connectivity index (χ0n) is 17.8. The predicted molar refractivity (Wildman–Crippen MR) is 120 cm³/mol. The number of piperazine rings is 1. The number of nitrogens with one attached hydrogen (secondary N) is 1. The van der Waals surface area contributed by atoms with Crippen LogP contribution in [0.3, 0.4) is 0 Å².